The fraction of sp³-hybridized carbons (Fsp3) is 0.417. The van der Waals surface area contributed by atoms with Crippen molar-refractivity contribution in [2.24, 2.45) is 0 Å². The first-order chi connectivity index (χ1) is 8.58. The number of imidazole rings is 1. The van der Waals surface area contributed by atoms with Crippen molar-refractivity contribution < 1.29 is 10.0 Å². The van der Waals surface area contributed by atoms with E-state index in [1.54, 1.807) is 6.07 Å². The second-order valence-electron chi connectivity index (χ2n) is 4.24. The Kier molecular flexibility index (Phi) is 3.29. The Morgan fingerprint density at radius 2 is 2.28 bits per heavy atom. The van der Waals surface area contributed by atoms with Crippen LogP contribution in [0.4, 0.5) is 5.69 Å². The molecule has 2 rings (SSSR count). The molecule has 0 radical (unpaired) electrons. The molecule has 0 fully saturated rings. The van der Waals surface area contributed by atoms with Crippen molar-refractivity contribution in [2.45, 2.75) is 32.9 Å². The molecule has 0 amide bonds. The molecule has 0 aliphatic carbocycles. The fourth-order valence-corrected chi connectivity index (χ4v) is 2.04. The number of hydrogen-bond acceptors (Lipinski definition) is 4. The number of fused-ring (bicyclic) bond motifs is 1. The molecule has 18 heavy (non-hydrogen) atoms. The number of hydrogen-bond donors (Lipinski definition) is 1. The molecule has 2 aromatic rings. The summed E-state index contributed by atoms with van der Waals surface area (Å²) in [5, 5.41) is 20.0. The Balaban J connectivity index is 2.66. The Morgan fingerprint density at radius 3 is 2.83 bits per heavy atom. The summed E-state index contributed by atoms with van der Waals surface area (Å²) in [6.45, 7) is 3.90. The molecule has 0 aliphatic heterocycles. The summed E-state index contributed by atoms with van der Waals surface area (Å²) < 4.78 is 1.93. The molecular weight excluding hydrogens is 234 g/mol. The van der Waals surface area contributed by atoms with Crippen LogP contribution in [0.5, 0.6) is 0 Å². The summed E-state index contributed by atoms with van der Waals surface area (Å²) in [5.41, 5.74) is 1.38. The number of nitro benzene ring substituents is 1. The second kappa shape index (κ2) is 4.73. The van der Waals surface area contributed by atoms with E-state index in [2.05, 4.69) is 4.98 Å². The van der Waals surface area contributed by atoms with Gasteiger partial charge in [0.1, 0.15) is 12.4 Å². The van der Waals surface area contributed by atoms with Crippen LogP contribution in [0.2, 0.25) is 0 Å². The molecule has 0 unspecified atom stereocenters. The maximum Gasteiger partial charge on any atom is 0.271 e. The fourth-order valence-electron chi connectivity index (χ4n) is 2.04. The van der Waals surface area contributed by atoms with Gasteiger partial charge < -0.3 is 9.67 Å². The van der Waals surface area contributed by atoms with E-state index < -0.39 is 4.92 Å². The number of rotatable bonds is 4. The minimum atomic E-state index is -0.444. The smallest absolute Gasteiger partial charge is 0.271 e. The van der Waals surface area contributed by atoms with Crippen LogP contribution in [-0.2, 0) is 6.61 Å². The number of aliphatic hydroxyl groups is 1. The summed E-state index contributed by atoms with van der Waals surface area (Å²) in [5.74, 6) is 0.542. The van der Waals surface area contributed by atoms with E-state index in [1.165, 1.54) is 12.1 Å². The van der Waals surface area contributed by atoms with Gasteiger partial charge in [-0.05, 0) is 19.4 Å². The first kappa shape index (κ1) is 12.5. The highest BCUT2D eigenvalue weighted by Crippen LogP contribution is 2.26. The maximum atomic E-state index is 10.7. The van der Waals surface area contributed by atoms with E-state index in [-0.39, 0.29) is 18.3 Å². The van der Waals surface area contributed by atoms with Crippen LogP contribution in [0.3, 0.4) is 0 Å². The number of nitrogens with zero attached hydrogens (tertiary/aromatic N) is 3. The van der Waals surface area contributed by atoms with Crippen molar-refractivity contribution in [3.63, 3.8) is 0 Å². The van der Waals surface area contributed by atoms with Gasteiger partial charge in [-0.1, -0.05) is 6.92 Å². The molecular formula is C12H15N3O3. The van der Waals surface area contributed by atoms with Gasteiger partial charge >= 0.3 is 0 Å². The lowest BCUT2D eigenvalue weighted by Gasteiger charge is -2.14. The van der Waals surface area contributed by atoms with E-state index in [4.69, 9.17) is 0 Å². The highest BCUT2D eigenvalue weighted by molar-refractivity contribution is 5.78. The Morgan fingerprint density at radius 1 is 1.56 bits per heavy atom. The van der Waals surface area contributed by atoms with E-state index in [9.17, 15) is 15.2 Å². The summed E-state index contributed by atoms with van der Waals surface area (Å²) in [7, 11) is 0. The van der Waals surface area contributed by atoms with Gasteiger partial charge in [0.2, 0.25) is 0 Å². The van der Waals surface area contributed by atoms with E-state index in [0.717, 1.165) is 11.9 Å². The number of nitro groups is 1. The second-order valence-corrected chi connectivity index (χ2v) is 4.24. The summed E-state index contributed by atoms with van der Waals surface area (Å²) in [6.07, 6.45) is 0.898. The Hall–Kier alpha value is -1.95. The molecule has 1 aromatic carbocycles. The van der Waals surface area contributed by atoms with E-state index in [1.807, 2.05) is 18.4 Å². The monoisotopic (exact) mass is 249 g/mol. The predicted molar refractivity (Wildman–Crippen MR) is 67.3 cm³/mol. The van der Waals surface area contributed by atoms with Crippen molar-refractivity contribution >= 4 is 16.7 Å². The van der Waals surface area contributed by atoms with Crippen molar-refractivity contribution in [2.75, 3.05) is 0 Å². The highest BCUT2D eigenvalue weighted by Gasteiger charge is 2.16. The van der Waals surface area contributed by atoms with Gasteiger partial charge in [-0.2, -0.15) is 0 Å². The van der Waals surface area contributed by atoms with Gasteiger partial charge in [0.15, 0.2) is 0 Å². The third kappa shape index (κ3) is 1.95. The lowest BCUT2D eigenvalue weighted by atomic mass is 10.2. The topological polar surface area (TPSA) is 81.2 Å². The SMILES string of the molecule is CC[C@H](C)n1c(CO)nc2cc([N+](=O)[O-])ccc21. The molecule has 0 saturated carbocycles. The molecule has 96 valence electrons. The van der Waals surface area contributed by atoms with Crippen LogP contribution in [0, 0.1) is 10.1 Å². The van der Waals surface area contributed by atoms with Gasteiger partial charge in [0, 0.05) is 18.2 Å². The molecule has 0 saturated heterocycles. The van der Waals surface area contributed by atoms with Crippen LogP contribution in [0.15, 0.2) is 18.2 Å². The molecule has 0 bridgehead atoms. The van der Waals surface area contributed by atoms with Crippen molar-refractivity contribution in [3.05, 3.63) is 34.1 Å². The minimum Gasteiger partial charge on any atom is -0.388 e. The van der Waals surface area contributed by atoms with Crippen LogP contribution in [0.25, 0.3) is 11.0 Å². The lowest BCUT2D eigenvalue weighted by molar-refractivity contribution is -0.384. The van der Waals surface area contributed by atoms with Crippen molar-refractivity contribution in [1.82, 2.24) is 9.55 Å². The number of aromatic nitrogens is 2. The molecule has 0 spiro atoms. The first-order valence-electron chi connectivity index (χ1n) is 5.84. The van der Waals surface area contributed by atoms with Crippen LogP contribution in [-0.4, -0.2) is 19.6 Å². The van der Waals surface area contributed by atoms with E-state index in [0.29, 0.717) is 11.3 Å². The first-order valence-corrected chi connectivity index (χ1v) is 5.84. The quantitative estimate of drug-likeness (QED) is 0.666. The normalized spacial score (nSPS) is 12.8. The predicted octanol–water partition coefficient (Wildman–Crippen LogP) is 2.41. The Bertz CT molecular complexity index is 592. The number of aliphatic hydroxyl groups excluding tert-OH is 1. The number of benzene rings is 1. The molecule has 6 nitrogen and oxygen atoms in total. The molecule has 1 heterocycles. The molecule has 1 aromatic heterocycles. The average Bonchev–Trinajstić information content (AvgIpc) is 2.74. The van der Waals surface area contributed by atoms with Crippen molar-refractivity contribution in [1.29, 1.82) is 0 Å². The molecule has 1 atom stereocenters. The zero-order valence-corrected chi connectivity index (χ0v) is 10.3. The van der Waals surface area contributed by atoms with Gasteiger partial charge in [-0.15, -0.1) is 0 Å². The summed E-state index contributed by atoms with van der Waals surface area (Å²) >= 11 is 0. The van der Waals surface area contributed by atoms with Gasteiger partial charge in [-0.3, -0.25) is 10.1 Å². The van der Waals surface area contributed by atoms with Gasteiger partial charge in [-0.25, -0.2) is 4.98 Å². The largest absolute Gasteiger partial charge is 0.388 e. The zero-order chi connectivity index (χ0) is 13.3. The average molecular weight is 249 g/mol. The minimum absolute atomic E-state index is 0.0146. The Labute approximate surface area is 104 Å². The third-order valence-corrected chi connectivity index (χ3v) is 3.13. The third-order valence-electron chi connectivity index (χ3n) is 3.13. The van der Waals surface area contributed by atoms with Crippen LogP contribution < -0.4 is 0 Å². The maximum absolute atomic E-state index is 10.7. The van der Waals surface area contributed by atoms with Gasteiger partial charge in [0.05, 0.1) is 16.0 Å². The van der Waals surface area contributed by atoms with Crippen molar-refractivity contribution in [3.8, 4) is 0 Å². The van der Waals surface area contributed by atoms with E-state index >= 15 is 0 Å². The van der Waals surface area contributed by atoms with Crippen LogP contribution >= 0.6 is 0 Å². The summed E-state index contributed by atoms with van der Waals surface area (Å²) in [4.78, 5) is 14.5. The molecule has 0 aliphatic rings. The number of non-ortho nitro benzene ring substituents is 1. The standard InChI is InChI=1S/C12H15N3O3/c1-3-8(2)14-11-5-4-9(15(17)18)6-10(11)13-12(14)7-16/h4-6,8,16H,3,7H2,1-2H3/t8-/m0/s1. The summed E-state index contributed by atoms with van der Waals surface area (Å²) in [6, 6.07) is 4.78. The molecule has 6 heteroatoms. The van der Waals surface area contributed by atoms with Gasteiger partial charge in [0.25, 0.3) is 5.69 Å². The highest BCUT2D eigenvalue weighted by atomic mass is 16.6. The lowest BCUT2D eigenvalue weighted by Crippen LogP contribution is -2.08. The van der Waals surface area contributed by atoms with Crippen LogP contribution in [0.1, 0.15) is 32.1 Å². The molecule has 1 N–H and O–H groups in total. The zero-order valence-electron chi connectivity index (χ0n) is 10.3.